The maximum Gasteiger partial charge on any atom is 0.263 e. The van der Waals surface area contributed by atoms with Gasteiger partial charge in [-0.1, -0.05) is 23.7 Å². The molecule has 0 saturated heterocycles. The Bertz CT molecular complexity index is 1320. The summed E-state index contributed by atoms with van der Waals surface area (Å²) in [6.07, 6.45) is 0.0883. The molecule has 0 aromatic heterocycles. The fourth-order valence-corrected chi connectivity index (χ4v) is 4.91. The first-order valence-corrected chi connectivity index (χ1v) is 11.3. The number of anilines is 3. The van der Waals surface area contributed by atoms with E-state index in [4.69, 9.17) is 16.3 Å². The van der Waals surface area contributed by atoms with Crippen LogP contribution >= 0.6 is 11.6 Å². The predicted octanol–water partition coefficient (Wildman–Crippen LogP) is 3.90. The maximum absolute atomic E-state index is 12.8. The number of rotatable bonds is 6. The van der Waals surface area contributed by atoms with Crippen molar-refractivity contribution in [1.29, 1.82) is 0 Å². The van der Waals surface area contributed by atoms with Crippen molar-refractivity contribution in [3.05, 3.63) is 76.8 Å². The van der Waals surface area contributed by atoms with Gasteiger partial charge in [-0.15, -0.1) is 0 Å². The van der Waals surface area contributed by atoms with Crippen LogP contribution in [-0.2, 0) is 21.2 Å². The number of fused-ring (bicyclic) bond motifs is 1. The van der Waals surface area contributed by atoms with Crippen molar-refractivity contribution in [2.45, 2.75) is 11.3 Å². The summed E-state index contributed by atoms with van der Waals surface area (Å²) >= 11 is 6.14. The molecule has 0 radical (unpaired) electrons. The first-order chi connectivity index (χ1) is 15.3. The average molecular weight is 472 g/mol. The van der Waals surface area contributed by atoms with Crippen LogP contribution in [0.15, 0.2) is 65.6 Å². The SMILES string of the molecule is COc1ccccc1NC(=O)c1ccc(NS(=O)(=O)c2cc3c(cc2Cl)NC(=O)C3)cc1. The third-order valence-electron chi connectivity index (χ3n) is 4.83. The summed E-state index contributed by atoms with van der Waals surface area (Å²) in [6, 6.07) is 15.7. The van der Waals surface area contributed by atoms with Crippen molar-refractivity contribution in [1.82, 2.24) is 0 Å². The van der Waals surface area contributed by atoms with Gasteiger partial charge in [0.2, 0.25) is 5.91 Å². The second-order valence-electron chi connectivity index (χ2n) is 7.00. The van der Waals surface area contributed by atoms with E-state index in [1.165, 1.54) is 43.5 Å². The molecule has 3 aromatic rings. The molecule has 0 bridgehead atoms. The average Bonchev–Trinajstić information content (AvgIpc) is 3.12. The smallest absolute Gasteiger partial charge is 0.263 e. The standard InChI is InChI=1S/C22H18ClN3O5S/c1-31-19-5-3-2-4-17(19)25-22(28)13-6-8-15(9-7-13)26-32(29,30)20-10-14-11-21(27)24-18(14)12-16(20)23/h2-10,12,26H,11H2,1H3,(H,24,27)(H,25,28). The zero-order valence-corrected chi connectivity index (χ0v) is 18.4. The Morgan fingerprint density at radius 2 is 1.81 bits per heavy atom. The first kappa shape index (κ1) is 21.7. The highest BCUT2D eigenvalue weighted by atomic mass is 35.5. The van der Waals surface area contributed by atoms with Gasteiger partial charge in [-0.25, -0.2) is 8.42 Å². The highest BCUT2D eigenvalue weighted by Crippen LogP contribution is 2.33. The van der Waals surface area contributed by atoms with Gasteiger partial charge in [-0.3, -0.25) is 14.3 Å². The molecule has 4 rings (SSSR count). The molecule has 3 aromatic carbocycles. The van der Waals surface area contributed by atoms with Crippen molar-refractivity contribution >= 4 is 50.5 Å². The number of carbonyl (C=O) groups is 2. The van der Waals surface area contributed by atoms with Crippen LogP contribution in [0.3, 0.4) is 0 Å². The summed E-state index contributed by atoms with van der Waals surface area (Å²) in [5.74, 6) is -0.0725. The Kier molecular flexibility index (Phi) is 5.77. The van der Waals surface area contributed by atoms with Crippen molar-refractivity contribution < 1.29 is 22.7 Å². The van der Waals surface area contributed by atoms with Crippen LogP contribution in [0.2, 0.25) is 5.02 Å². The van der Waals surface area contributed by atoms with Crippen LogP contribution < -0.4 is 20.1 Å². The highest BCUT2D eigenvalue weighted by molar-refractivity contribution is 7.92. The topological polar surface area (TPSA) is 114 Å². The normalized spacial score (nSPS) is 12.6. The van der Waals surface area contributed by atoms with E-state index in [0.717, 1.165) is 0 Å². The molecular weight excluding hydrogens is 454 g/mol. The number of carbonyl (C=O) groups excluding carboxylic acids is 2. The van der Waals surface area contributed by atoms with E-state index >= 15 is 0 Å². The van der Waals surface area contributed by atoms with Gasteiger partial charge >= 0.3 is 0 Å². The summed E-state index contributed by atoms with van der Waals surface area (Å²) in [4.78, 5) is 23.9. The molecular formula is C22H18ClN3O5S. The number of methoxy groups -OCH3 is 1. The predicted molar refractivity (Wildman–Crippen MR) is 122 cm³/mol. The molecule has 0 atom stereocenters. The van der Waals surface area contributed by atoms with Gasteiger partial charge < -0.3 is 15.4 Å². The third kappa shape index (κ3) is 4.39. The second-order valence-corrected chi connectivity index (χ2v) is 9.06. The Morgan fingerprint density at radius 1 is 1.09 bits per heavy atom. The molecule has 3 N–H and O–H groups in total. The lowest BCUT2D eigenvalue weighted by molar-refractivity contribution is -0.115. The Morgan fingerprint density at radius 3 is 2.53 bits per heavy atom. The van der Waals surface area contributed by atoms with Gasteiger partial charge in [0, 0.05) is 16.9 Å². The van der Waals surface area contributed by atoms with E-state index in [1.54, 1.807) is 24.3 Å². The molecule has 8 nitrogen and oxygen atoms in total. The molecule has 0 unspecified atom stereocenters. The molecule has 10 heteroatoms. The second kappa shape index (κ2) is 8.52. The van der Waals surface area contributed by atoms with Crippen molar-refractivity contribution in [2.75, 3.05) is 22.5 Å². The number of hydrogen-bond acceptors (Lipinski definition) is 5. The van der Waals surface area contributed by atoms with Crippen molar-refractivity contribution in [3.63, 3.8) is 0 Å². The van der Waals surface area contributed by atoms with Gasteiger partial charge in [-0.2, -0.15) is 0 Å². The number of ether oxygens (including phenoxy) is 1. The van der Waals surface area contributed by atoms with Crippen LogP contribution in [-0.4, -0.2) is 27.3 Å². The number of amides is 2. The lowest BCUT2D eigenvalue weighted by Crippen LogP contribution is -2.15. The van der Waals surface area contributed by atoms with E-state index in [2.05, 4.69) is 15.4 Å². The largest absolute Gasteiger partial charge is 0.495 e. The summed E-state index contributed by atoms with van der Waals surface area (Å²) in [5.41, 5.74) is 2.17. The number of benzene rings is 3. The van der Waals surface area contributed by atoms with Gasteiger partial charge in [0.15, 0.2) is 0 Å². The van der Waals surface area contributed by atoms with Crippen LogP contribution in [0, 0.1) is 0 Å². The third-order valence-corrected chi connectivity index (χ3v) is 6.67. The van der Waals surface area contributed by atoms with E-state index in [1.807, 2.05) is 0 Å². The Hall–Kier alpha value is -3.56. The molecule has 32 heavy (non-hydrogen) atoms. The van der Waals surface area contributed by atoms with Gasteiger partial charge in [0.25, 0.3) is 15.9 Å². The van der Waals surface area contributed by atoms with E-state index in [9.17, 15) is 18.0 Å². The molecule has 0 saturated carbocycles. The fourth-order valence-electron chi connectivity index (χ4n) is 3.27. The van der Waals surface area contributed by atoms with Gasteiger partial charge in [0.05, 0.1) is 24.2 Å². The minimum Gasteiger partial charge on any atom is -0.495 e. The van der Waals surface area contributed by atoms with Crippen molar-refractivity contribution in [3.8, 4) is 5.75 Å². The highest BCUT2D eigenvalue weighted by Gasteiger charge is 2.25. The molecule has 2 amide bonds. The van der Waals surface area contributed by atoms with E-state index in [-0.39, 0.29) is 33.8 Å². The molecule has 0 spiro atoms. The summed E-state index contributed by atoms with van der Waals surface area (Å²) < 4.78 is 33.3. The van der Waals surface area contributed by atoms with Gasteiger partial charge in [0.1, 0.15) is 10.6 Å². The molecule has 1 heterocycles. The molecule has 164 valence electrons. The zero-order valence-electron chi connectivity index (χ0n) is 16.8. The molecule has 1 aliphatic heterocycles. The first-order valence-electron chi connectivity index (χ1n) is 9.46. The molecule has 1 aliphatic rings. The quantitative estimate of drug-likeness (QED) is 0.504. The molecule has 0 fully saturated rings. The number of hydrogen-bond donors (Lipinski definition) is 3. The minimum atomic E-state index is -4.01. The number of para-hydroxylation sites is 2. The van der Waals surface area contributed by atoms with E-state index in [0.29, 0.717) is 28.3 Å². The van der Waals surface area contributed by atoms with E-state index < -0.39 is 10.0 Å². The lowest BCUT2D eigenvalue weighted by atomic mass is 10.2. The molecule has 0 aliphatic carbocycles. The fraction of sp³-hybridized carbons (Fsp3) is 0.0909. The maximum atomic E-state index is 12.8. The summed E-state index contributed by atoms with van der Waals surface area (Å²) in [7, 11) is -2.50. The monoisotopic (exact) mass is 471 g/mol. The van der Waals surface area contributed by atoms with Crippen LogP contribution in [0.25, 0.3) is 0 Å². The summed E-state index contributed by atoms with van der Waals surface area (Å²) in [5, 5.41) is 5.37. The van der Waals surface area contributed by atoms with Gasteiger partial charge in [-0.05, 0) is 54.1 Å². The number of halogens is 1. The van der Waals surface area contributed by atoms with Crippen LogP contribution in [0.1, 0.15) is 15.9 Å². The number of sulfonamides is 1. The van der Waals surface area contributed by atoms with Crippen LogP contribution in [0.5, 0.6) is 5.75 Å². The Labute approximate surface area is 189 Å². The lowest BCUT2D eigenvalue weighted by Gasteiger charge is -2.12. The summed E-state index contributed by atoms with van der Waals surface area (Å²) in [6.45, 7) is 0. The number of nitrogens with one attached hydrogen (secondary N) is 3. The minimum absolute atomic E-state index is 0.00810. The van der Waals surface area contributed by atoms with Crippen molar-refractivity contribution in [2.24, 2.45) is 0 Å². The zero-order chi connectivity index (χ0) is 22.9. The Balaban J connectivity index is 1.51. The van der Waals surface area contributed by atoms with Crippen LogP contribution in [0.4, 0.5) is 17.1 Å².